The van der Waals surface area contributed by atoms with Crippen LogP contribution in [0, 0.1) is 17.3 Å². The third-order valence-electron chi connectivity index (χ3n) is 13.7. The molecule has 3 aliphatic rings. The topological polar surface area (TPSA) is 166 Å². The van der Waals surface area contributed by atoms with E-state index in [0.29, 0.717) is 57.5 Å². The van der Waals surface area contributed by atoms with Crippen LogP contribution >= 0.6 is 0 Å². The fraction of sp³-hybridized carbons (Fsp3) is 0.500. The number of benzene rings is 3. The lowest BCUT2D eigenvalue weighted by molar-refractivity contribution is -0.155. The number of amides is 4. The number of fused-ring (bicyclic) bond motifs is 6. The highest BCUT2D eigenvalue weighted by Crippen LogP contribution is 2.41. The van der Waals surface area contributed by atoms with Crippen LogP contribution in [0.15, 0.2) is 72.8 Å². The first-order chi connectivity index (χ1) is 32.9. The van der Waals surface area contributed by atoms with Crippen molar-refractivity contribution in [2.24, 2.45) is 17.3 Å². The first-order valence-corrected chi connectivity index (χ1v) is 24.4. The molecule has 0 unspecified atom stereocenters. The Hall–Kier alpha value is -6.03. The predicted octanol–water partition coefficient (Wildman–Crippen LogP) is 5.94. The zero-order chi connectivity index (χ0) is 49.7. The smallest absolute Gasteiger partial charge is 0.324 e. The monoisotopic (exact) mass is 946 g/mol. The molecule has 4 amide bonds. The summed E-state index contributed by atoms with van der Waals surface area (Å²) in [5, 5.41) is 16.8. The van der Waals surface area contributed by atoms with Gasteiger partial charge in [0.2, 0.25) is 17.7 Å². The molecule has 69 heavy (non-hydrogen) atoms. The summed E-state index contributed by atoms with van der Waals surface area (Å²) in [5.41, 5.74) is 10.1. The second-order valence-electron chi connectivity index (χ2n) is 20.4. The zero-order valence-corrected chi connectivity index (χ0v) is 41.8. The molecular weight excluding hydrogens is 875 g/mol. The summed E-state index contributed by atoms with van der Waals surface area (Å²) < 4.78 is 14.1. The van der Waals surface area contributed by atoms with E-state index in [4.69, 9.17) is 9.47 Å². The number of methoxy groups -OCH3 is 1. The first-order valence-electron chi connectivity index (χ1n) is 24.4. The quantitative estimate of drug-likeness (QED) is 0.114. The van der Waals surface area contributed by atoms with Crippen molar-refractivity contribution in [2.75, 3.05) is 61.0 Å². The predicted molar refractivity (Wildman–Crippen MR) is 267 cm³/mol. The molecule has 15 nitrogen and oxygen atoms in total. The van der Waals surface area contributed by atoms with Crippen molar-refractivity contribution in [3.05, 3.63) is 89.5 Å². The summed E-state index contributed by atoms with van der Waals surface area (Å²) in [6, 6.07) is 16.9. The van der Waals surface area contributed by atoms with E-state index in [1.54, 1.807) is 37.3 Å². The average molecular weight is 946 g/mol. The van der Waals surface area contributed by atoms with Crippen LogP contribution in [0.1, 0.15) is 70.6 Å². The molecule has 4 heterocycles. The minimum absolute atomic E-state index is 0.00207. The maximum atomic E-state index is 14.8. The highest BCUT2D eigenvalue weighted by atomic mass is 16.5. The number of hydrazine groups is 1. The second-order valence-corrected chi connectivity index (χ2v) is 20.4. The molecule has 4 atom stereocenters. The fourth-order valence-electron chi connectivity index (χ4n) is 10.3. The lowest BCUT2D eigenvalue weighted by Crippen LogP contribution is -2.62. The summed E-state index contributed by atoms with van der Waals surface area (Å²) in [4.78, 5) is 75.5. The Morgan fingerprint density at radius 2 is 1.78 bits per heavy atom. The van der Waals surface area contributed by atoms with Crippen molar-refractivity contribution in [3.8, 4) is 28.1 Å². The lowest BCUT2D eigenvalue weighted by atomic mass is 9.84. The highest BCUT2D eigenvalue weighted by molar-refractivity contribution is 5.96. The number of esters is 1. The van der Waals surface area contributed by atoms with Gasteiger partial charge in [-0.2, -0.15) is 0 Å². The number of nitrogens with zero attached hydrogens (tertiary/aromatic N) is 5. The van der Waals surface area contributed by atoms with Crippen molar-refractivity contribution in [1.82, 2.24) is 35.0 Å². The normalized spacial score (nSPS) is 20.4. The minimum atomic E-state index is -1.16. The number of phenols is 1. The van der Waals surface area contributed by atoms with E-state index in [1.165, 1.54) is 16.0 Å². The van der Waals surface area contributed by atoms with Gasteiger partial charge in [0.05, 0.1) is 24.8 Å². The van der Waals surface area contributed by atoms with Crippen LogP contribution in [0.3, 0.4) is 0 Å². The van der Waals surface area contributed by atoms with Crippen molar-refractivity contribution < 1.29 is 38.6 Å². The number of hydrogen-bond acceptors (Lipinski definition) is 10. The first kappa shape index (κ1) is 50.8. The molecule has 0 spiro atoms. The molecular formula is C54H71N7O8. The molecule has 2 fully saturated rings. The summed E-state index contributed by atoms with van der Waals surface area (Å²) in [6.07, 6.45) is 5.33. The van der Waals surface area contributed by atoms with E-state index in [1.807, 2.05) is 57.1 Å². The summed E-state index contributed by atoms with van der Waals surface area (Å²) in [5.74, 6) is -2.71. The van der Waals surface area contributed by atoms with Crippen molar-refractivity contribution in [3.63, 3.8) is 0 Å². The van der Waals surface area contributed by atoms with Gasteiger partial charge in [-0.15, -0.1) is 0 Å². The Kier molecular flexibility index (Phi) is 16.0. The van der Waals surface area contributed by atoms with Crippen molar-refractivity contribution >= 4 is 40.5 Å². The number of carbonyl (C=O) groups excluding carboxylic acids is 5. The largest absolute Gasteiger partial charge is 0.508 e. The van der Waals surface area contributed by atoms with Gasteiger partial charge < -0.3 is 39.2 Å². The van der Waals surface area contributed by atoms with Gasteiger partial charge in [0.25, 0.3) is 5.91 Å². The average Bonchev–Trinajstić information content (AvgIpc) is 3.93. The molecule has 4 aromatic rings. The van der Waals surface area contributed by atoms with Crippen LogP contribution in [-0.4, -0.2) is 138 Å². The van der Waals surface area contributed by atoms with E-state index in [9.17, 15) is 29.1 Å². The summed E-state index contributed by atoms with van der Waals surface area (Å²) >= 11 is 0. The number of phenolic OH excluding ortho intramolecular Hbond substituents is 1. The highest BCUT2D eigenvalue weighted by Gasteiger charge is 2.40. The van der Waals surface area contributed by atoms with Gasteiger partial charge in [0.1, 0.15) is 23.9 Å². The number of ether oxygens (including phenoxy) is 2. The molecule has 0 radical (unpaired) electrons. The molecule has 0 aliphatic carbocycles. The van der Waals surface area contributed by atoms with Crippen LogP contribution in [0.25, 0.3) is 33.3 Å². The Labute approximate surface area is 406 Å². The van der Waals surface area contributed by atoms with Gasteiger partial charge in [-0.25, -0.2) is 5.43 Å². The SMILES string of the molecule is CCn1c(-c2ccccc2COC)c2c3cc(ccc31)-c1cc(O)cc(c1)C[C@H](NC(=O)[C@H](C(C)C)N(C)C(=O)[C@H]1CCN(C(=O)/C=C/CN(C)C)C1)C(=O)N1CCC[C@H](N1)C(=O)OCC(C)(C)C2. The number of hydrogen-bond donors (Lipinski definition) is 3. The third-order valence-corrected chi connectivity index (χ3v) is 13.7. The van der Waals surface area contributed by atoms with E-state index in [-0.39, 0.29) is 49.6 Å². The molecule has 370 valence electrons. The van der Waals surface area contributed by atoms with E-state index >= 15 is 0 Å². The lowest BCUT2D eigenvalue weighted by Gasteiger charge is -2.37. The van der Waals surface area contributed by atoms with E-state index < -0.39 is 47.2 Å². The van der Waals surface area contributed by atoms with Gasteiger partial charge in [0, 0.05) is 81.3 Å². The number of carbonyl (C=O) groups is 5. The molecule has 3 aromatic carbocycles. The minimum Gasteiger partial charge on any atom is -0.508 e. The van der Waals surface area contributed by atoms with Gasteiger partial charge in [-0.05, 0) is 105 Å². The number of nitrogens with one attached hydrogen (secondary N) is 2. The molecule has 6 bridgehead atoms. The third kappa shape index (κ3) is 11.5. The Morgan fingerprint density at radius 1 is 1.01 bits per heavy atom. The van der Waals surface area contributed by atoms with Crippen LogP contribution in [0.4, 0.5) is 0 Å². The van der Waals surface area contributed by atoms with Gasteiger partial charge in [-0.3, -0.25) is 29.0 Å². The Morgan fingerprint density at radius 3 is 2.51 bits per heavy atom. The van der Waals surface area contributed by atoms with Crippen LogP contribution < -0.4 is 10.7 Å². The second kappa shape index (κ2) is 21.7. The van der Waals surface area contributed by atoms with Crippen LogP contribution in [-0.2, 0) is 59.4 Å². The molecule has 1 aromatic heterocycles. The maximum Gasteiger partial charge on any atom is 0.324 e. The van der Waals surface area contributed by atoms with Gasteiger partial charge >= 0.3 is 5.97 Å². The molecule has 2 saturated heterocycles. The van der Waals surface area contributed by atoms with Crippen LogP contribution in [0.5, 0.6) is 5.75 Å². The van der Waals surface area contributed by atoms with E-state index in [2.05, 4.69) is 60.3 Å². The van der Waals surface area contributed by atoms with Crippen molar-refractivity contribution in [2.45, 2.75) is 98.0 Å². The maximum absolute atomic E-state index is 14.8. The zero-order valence-electron chi connectivity index (χ0n) is 41.8. The number of aromatic hydroxyl groups is 1. The fourth-order valence-corrected chi connectivity index (χ4v) is 10.3. The van der Waals surface area contributed by atoms with Gasteiger partial charge in [0.15, 0.2) is 0 Å². The molecule has 7 rings (SSSR count). The number of rotatable bonds is 12. The van der Waals surface area contributed by atoms with Gasteiger partial charge in [-0.1, -0.05) is 70.2 Å². The summed E-state index contributed by atoms with van der Waals surface area (Å²) in [6.45, 7) is 12.8. The van der Waals surface area contributed by atoms with Crippen LogP contribution in [0.2, 0.25) is 0 Å². The molecule has 0 saturated carbocycles. The number of cyclic esters (lactones) is 1. The number of likely N-dealkylation sites (tertiary alicyclic amines) is 1. The molecule has 3 aliphatic heterocycles. The number of aromatic nitrogens is 1. The summed E-state index contributed by atoms with van der Waals surface area (Å²) in [7, 11) is 7.13. The molecule has 15 heteroatoms. The number of aryl methyl sites for hydroxylation is 1. The van der Waals surface area contributed by atoms with Crippen molar-refractivity contribution in [1.29, 1.82) is 0 Å². The Balaban J connectivity index is 1.25. The number of likely N-dealkylation sites (N-methyl/N-ethyl adjacent to an activating group) is 2. The standard InChI is InChI=1S/C54H71N7O8/c1-10-60-46-20-19-36-29-42(46)43(49(60)41-16-12-11-15-38(41)32-68-9)30-54(4,5)33-69-53(67)44-17-13-23-61(56-44)52(66)45(27-35-25-39(36)28-40(62)26-35)55-50(64)48(34(2)3)58(8)51(65)37-21-24-59(31-37)47(63)18-14-22-57(6)7/h11-12,14-16,18-20,25-26,28-29,34,37,44-45,48,56,62H,10,13,17,21-24,27,30-33H2,1-9H3,(H,55,64)/b18-14+/t37-,44-,45-,48-/m0/s1. The van der Waals surface area contributed by atoms with E-state index in [0.717, 1.165) is 44.4 Å². The molecule has 3 N–H and O–H groups in total. The Bertz CT molecular complexity index is 2580.